The zero-order chi connectivity index (χ0) is 12.9. The molecule has 5 heteroatoms. The highest BCUT2D eigenvalue weighted by atomic mass is 16.7. The van der Waals surface area contributed by atoms with Gasteiger partial charge in [0.1, 0.15) is 0 Å². The van der Waals surface area contributed by atoms with Gasteiger partial charge in [-0.25, -0.2) is 0 Å². The first-order valence-electron chi connectivity index (χ1n) is 6.37. The smallest absolute Gasteiger partial charge is 0.318 e. The second-order valence-electron chi connectivity index (χ2n) is 4.82. The number of ether oxygens (including phenoxy) is 3. The summed E-state index contributed by atoms with van der Waals surface area (Å²) >= 11 is 0. The standard InChI is InChI=1S/C13H16O5/c1-3-16-13(17-4-2)7-5-6-8(13)10-9(7)11(14)18-12(10)15/h5-10H,3-4H2,1-2H3/t7-,8+,9-,10-/m1/s1. The maximum absolute atomic E-state index is 11.8. The van der Waals surface area contributed by atoms with Gasteiger partial charge in [-0.1, -0.05) is 12.2 Å². The van der Waals surface area contributed by atoms with Crippen molar-refractivity contribution in [2.75, 3.05) is 13.2 Å². The Bertz CT molecular complexity index is 389. The molecule has 0 N–H and O–H groups in total. The zero-order valence-electron chi connectivity index (χ0n) is 10.4. The average Bonchev–Trinajstić information content (AvgIpc) is 2.90. The Morgan fingerprint density at radius 1 is 1.06 bits per heavy atom. The van der Waals surface area contributed by atoms with E-state index >= 15 is 0 Å². The normalized spacial score (nSPS) is 39.2. The van der Waals surface area contributed by atoms with Crippen molar-refractivity contribution in [2.24, 2.45) is 23.7 Å². The fraction of sp³-hybridized carbons (Fsp3) is 0.692. The quantitative estimate of drug-likeness (QED) is 0.322. The summed E-state index contributed by atoms with van der Waals surface area (Å²) < 4.78 is 16.3. The summed E-state index contributed by atoms with van der Waals surface area (Å²) in [6.45, 7) is 4.73. The fourth-order valence-corrected chi connectivity index (χ4v) is 3.62. The van der Waals surface area contributed by atoms with Gasteiger partial charge < -0.3 is 14.2 Å². The minimum absolute atomic E-state index is 0.216. The van der Waals surface area contributed by atoms with Crippen LogP contribution in [0.1, 0.15) is 13.8 Å². The Labute approximate surface area is 105 Å². The van der Waals surface area contributed by atoms with Gasteiger partial charge >= 0.3 is 11.9 Å². The Hall–Kier alpha value is -1.20. The summed E-state index contributed by atoms with van der Waals surface area (Å²) in [4.78, 5) is 23.5. The lowest BCUT2D eigenvalue weighted by molar-refractivity contribution is -0.260. The number of esters is 2. The van der Waals surface area contributed by atoms with Crippen LogP contribution >= 0.6 is 0 Å². The molecular formula is C13H16O5. The van der Waals surface area contributed by atoms with Crippen LogP contribution in [0.4, 0.5) is 0 Å². The first kappa shape index (κ1) is 11.9. The van der Waals surface area contributed by atoms with Gasteiger partial charge in [0.15, 0.2) is 5.79 Å². The van der Waals surface area contributed by atoms with Crippen LogP contribution in [0.15, 0.2) is 12.2 Å². The molecule has 4 atom stereocenters. The van der Waals surface area contributed by atoms with Gasteiger partial charge in [-0.2, -0.15) is 0 Å². The third kappa shape index (κ3) is 1.23. The lowest BCUT2D eigenvalue weighted by Gasteiger charge is -2.35. The molecule has 0 aromatic rings. The van der Waals surface area contributed by atoms with E-state index in [1.807, 2.05) is 26.0 Å². The molecule has 1 heterocycles. The number of hydrogen-bond donors (Lipinski definition) is 0. The largest absolute Gasteiger partial charge is 0.393 e. The highest BCUT2D eigenvalue weighted by Gasteiger charge is 2.71. The summed E-state index contributed by atoms with van der Waals surface area (Å²) in [7, 11) is 0. The van der Waals surface area contributed by atoms with Gasteiger partial charge in [-0.15, -0.1) is 0 Å². The van der Waals surface area contributed by atoms with Crippen molar-refractivity contribution in [1.82, 2.24) is 0 Å². The van der Waals surface area contributed by atoms with E-state index in [1.165, 1.54) is 0 Å². The lowest BCUT2D eigenvalue weighted by atomic mass is 9.85. The highest BCUT2D eigenvalue weighted by molar-refractivity contribution is 5.98. The number of carbonyl (C=O) groups excluding carboxylic acids is 2. The van der Waals surface area contributed by atoms with E-state index in [-0.39, 0.29) is 11.8 Å². The molecule has 5 nitrogen and oxygen atoms in total. The van der Waals surface area contributed by atoms with E-state index < -0.39 is 29.6 Å². The van der Waals surface area contributed by atoms with Crippen molar-refractivity contribution >= 4 is 11.9 Å². The van der Waals surface area contributed by atoms with Crippen molar-refractivity contribution in [3.05, 3.63) is 12.2 Å². The van der Waals surface area contributed by atoms with Gasteiger partial charge in [0.05, 0.1) is 11.8 Å². The summed E-state index contributed by atoms with van der Waals surface area (Å²) in [6, 6.07) is 0. The molecule has 0 spiro atoms. The molecular weight excluding hydrogens is 236 g/mol. The van der Waals surface area contributed by atoms with Crippen LogP contribution in [0.5, 0.6) is 0 Å². The first-order valence-corrected chi connectivity index (χ1v) is 6.37. The van der Waals surface area contributed by atoms with Crippen molar-refractivity contribution in [3.8, 4) is 0 Å². The van der Waals surface area contributed by atoms with Crippen molar-refractivity contribution in [1.29, 1.82) is 0 Å². The van der Waals surface area contributed by atoms with E-state index in [0.717, 1.165) is 0 Å². The monoisotopic (exact) mass is 252 g/mol. The Balaban J connectivity index is 2.01. The molecule has 0 amide bonds. The van der Waals surface area contributed by atoms with Crippen LogP contribution < -0.4 is 0 Å². The zero-order valence-corrected chi connectivity index (χ0v) is 10.4. The van der Waals surface area contributed by atoms with Crippen LogP contribution in [0.3, 0.4) is 0 Å². The summed E-state index contributed by atoms with van der Waals surface area (Å²) in [6.07, 6.45) is 3.86. The van der Waals surface area contributed by atoms with Crippen molar-refractivity contribution in [3.63, 3.8) is 0 Å². The Morgan fingerprint density at radius 3 is 1.89 bits per heavy atom. The van der Waals surface area contributed by atoms with Crippen LogP contribution in [0.2, 0.25) is 0 Å². The SMILES string of the molecule is CCOC1(OCC)[C@@H]2C=C[C@H]1[C@H]1C(=O)OC(=O)[C@@H]12. The Morgan fingerprint density at radius 2 is 1.50 bits per heavy atom. The minimum atomic E-state index is -0.853. The van der Waals surface area contributed by atoms with Crippen LogP contribution in [-0.4, -0.2) is 30.9 Å². The predicted molar refractivity (Wildman–Crippen MR) is 60.2 cm³/mol. The molecule has 0 aromatic heterocycles. The lowest BCUT2D eigenvalue weighted by Crippen LogP contribution is -2.44. The number of fused-ring (bicyclic) bond motifs is 5. The van der Waals surface area contributed by atoms with E-state index in [0.29, 0.717) is 13.2 Å². The predicted octanol–water partition coefficient (Wildman–Crippen LogP) is 0.887. The third-order valence-electron chi connectivity index (χ3n) is 4.10. The molecule has 1 saturated heterocycles. The molecule has 0 unspecified atom stereocenters. The van der Waals surface area contributed by atoms with Gasteiger partial charge in [0.25, 0.3) is 0 Å². The maximum Gasteiger partial charge on any atom is 0.318 e. The van der Waals surface area contributed by atoms with Gasteiger partial charge in [-0.05, 0) is 13.8 Å². The number of hydrogen-bond acceptors (Lipinski definition) is 5. The number of rotatable bonds is 4. The van der Waals surface area contributed by atoms with Crippen molar-refractivity contribution < 1.29 is 23.8 Å². The molecule has 2 bridgehead atoms. The molecule has 98 valence electrons. The Kier molecular flexibility index (Phi) is 2.57. The van der Waals surface area contributed by atoms with Gasteiger partial charge in [0, 0.05) is 25.0 Å². The highest BCUT2D eigenvalue weighted by Crippen LogP contribution is 2.59. The van der Waals surface area contributed by atoms with E-state index in [2.05, 4.69) is 0 Å². The second-order valence-corrected chi connectivity index (χ2v) is 4.82. The molecule has 0 radical (unpaired) electrons. The number of cyclic esters (lactones) is 2. The molecule has 1 saturated carbocycles. The van der Waals surface area contributed by atoms with E-state index in [4.69, 9.17) is 14.2 Å². The maximum atomic E-state index is 11.8. The first-order chi connectivity index (χ1) is 8.65. The molecule has 3 rings (SSSR count). The molecule has 2 aliphatic carbocycles. The van der Waals surface area contributed by atoms with Crippen LogP contribution in [-0.2, 0) is 23.8 Å². The van der Waals surface area contributed by atoms with E-state index in [1.54, 1.807) is 0 Å². The van der Waals surface area contributed by atoms with Gasteiger partial charge in [-0.3, -0.25) is 9.59 Å². The minimum Gasteiger partial charge on any atom is -0.393 e. The van der Waals surface area contributed by atoms with Gasteiger partial charge in [0.2, 0.25) is 0 Å². The van der Waals surface area contributed by atoms with Crippen molar-refractivity contribution in [2.45, 2.75) is 19.6 Å². The molecule has 18 heavy (non-hydrogen) atoms. The second kappa shape index (κ2) is 3.90. The molecule has 1 aliphatic heterocycles. The summed E-state index contributed by atoms with van der Waals surface area (Å²) in [5.74, 6) is -3.04. The van der Waals surface area contributed by atoms with E-state index in [9.17, 15) is 9.59 Å². The molecule has 2 fully saturated rings. The van der Waals surface area contributed by atoms with Crippen LogP contribution in [0, 0.1) is 23.7 Å². The fourth-order valence-electron chi connectivity index (χ4n) is 3.62. The van der Waals surface area contributed by atoms with Crippen LogP contribution in [0.25, 0.3) is 0 Å². The summed E-state index contributed by atoms with van der Waals surface area (Å²) in [5, 5.41) is 0. The molecule has 3 aliphatic rings. The topological polar surface area (TPSA) is 61.8 Å². The number of carbonyl (C=O) groups is 2. The molecule has 0 aromatic carbocycles. The average molecular weight is 252 g/mol. The summed E-state index contributed by atoms with van der Waals surface area (Å²) in [5.41, 5.74) is 0. The third-order valence-corrected chi connectivity index (χ3v) is 4.10.